The van der Waals surface area contributed by atoms with E-state index in [9.17, 15) is 4.79 Å². The second kappa shape index (κ2) is 7.17. The number of nitrogens with zero attached hydrogens (tertiary/aromatic N) is 4. The molecule has 2 heterocycles. The Labute approximate surface area is 130 Å². The van der Waals surface area contributed by atoms with Crippen LogP contribution in [-0.2, 0) is 25.5 Å². The minimum absolute atomic E-state index is 0.0691. The number of amides is 1. The maximum absolute atomic E-state index is 12.5. The summed E-state index contributed by atoms with van der Waals surface area (Å²) in [6.45, 7) is 4.67. The highest BCUT2D eigenvalue weighted by molar-refractivity contribution is 5.76. The van der Waals surface area contributed by atoms with E-state index in [2.05, 4.69) is 10.1 Å². The van der Waals surface area contributed by atoms with E-state index in [-0.39, 0.29) is 30.7 Å². The van der Waals surface area contributed by atoms with Crippen LogP contribution in [0.15, 0.2) is 0 Å². The van der Waals surface area contributed by atoms with Crippen LogP contribution in [0.4, 0.5) is 0 Å². The van der Waals surface area contributed by atoms with Gasteiger partial charge in [-0.05, 0) is 13.8 Å². The number of likely N-dealkylation sites (N-methyl/N-ethyl adjacent to an activating group) is 1. The van der Waals surface area contributed by atoms with Gasteiger partial charge in [0, 0.05) is 21.3 Å². The maximum atomic E-state index is 12.5. The van der Waals surface area contributed by atoms with Gasteiger partial charge in [-0.3, -0.25) is 4.79 Å². The lowest BCUT2D eigenvalue weighted by Crippen LogP contribution is -2.58. The van der Waals surface area contributed by atoms with Crippen molar-refractivity contribution in [1.29, 1.82) is 0 Å². The molecular weight excluding hydrogens is 288 g/mol. The van der Waals surface area contributed by atoms with E-state index >= 15 is 0 Å². The van der Waals surface area contributed by atoms with Crippen molar-refractivity contribution in [1.82, 2.24) is 19.7 Å². The highest BCUT2D eigenvalue weighted by atomic mass is 16.6. The second-order valence-corrected chi connectivity index (χ2v) is 5.45. The quantitative estimate of drug-likeness (QED) is 0.748. The number of hydrogen-bond acceptors (Lipinski definition) is 6. The first-order valence-corrected chi connectivity index (χ1v) is 7.25. The fourth-order valence-electron chi connectivity index (χ4n) is 2.72. The van der Waals surface area contributed by atoms with Crippen molar-refractivity contribution in [3.8, 4) is 0 Å². The summed E-state index contributed by atoms with van der Waals surface area (Å²) in [6, 6.07) is -0.193. The summed E-state index contributed by atoms with van der Waals surface area (Å²) in [5.41, 5.74) is 0. The van der Waals surface area contributed by atoms with Gasteiger partial charge in [-0.2, -0.15) is 5.10 Å². The number of hydrogen-bond donors (Lipinski definition) is 0. The summed E-state index contributed by atoms with van der Waals surface area (Å²) in [5.74, 6) is 1.31. The van der Waals surface area contributed by atoms with Crippen LogP contribution >= 0.6 is 0 Å². The molecule has 0 unspecified atom stereocenters. The van der Waals surface area contributed by atoms with Gasteiger partial charge in [0.05, 0.1) is 19.3 Å². The van der Waals surface area contributed by atoms with Gasteiger partial charge in [-0.15, -0.1) is 0 Å². The molecule has 0 spiro atoms. The summed E-state index contributed by atoms with van der Waals surface area (Å²) in [7, 11) is 4.99. The van der Waals surface area contributed by atoms with Crippen LogP contribution in [0.2, 0.25) is 0 Å². The molecule has 0 bridgehead atoms. The van der Waals surface area contributed by atoms with Crippen molar-refractivity contribution in [2.24, 2.45) is 0 Å². The topological polar surface area (TPSA) is 78.7 Å². The molecule has 8 nitrogen and oxygen atoms in total. The zero-order valence-corrected chi connectivity index (χ0v) is 13.8. The molecule has 0 N–H and O–H groups in total. The van der Waals surface area contributed by atoms with Gasteiger partial charge >= 0.3 is 0 Å². The van der Waals surface area contributed by atoms with Crippen LogP contribution in [0.1, 0.15) is 11.6 Å². The van der Waals surface area contributed by atoms with Crippen LogP contribution in [0.25, 0.3) is 0 Å². The lowest BCUT2D eigenvalue weighted by atomic mass is 10.0. The predicted octanol–water partition coefficient (Wildman–Crippen LogP) is -0.218. The third kappa shape index (κ3) is 3.45. The molecule has 1 aliphatic heterocycles. The van der Waals surface area contributed by atoms with E-state index in [1.165, 1.54) is 0 Å². The molecule has 0 aromatic carbocycles. The van der Waals surface area contributed by atoms with Gasteiger partial charge in [0.25, 0.3) is 0 Å². The van der Waals surface area contributed by atoms with Crippen LogP contribution < -0.4 is 0 Å². The second-order valence-electron chi connectivity index (χ2n) is 5.45. The zero-order chi connectivity index (χ0) is 16.3. The predicted molar refractivity (Wildman–Crippen MR) is 78.5 cm³/mol. The molecule has 1 aromatic rings. The van der Waals surface area contributed by atoms with Crippen molar-refractivity contribution in [2.45, 2.75) is 38.6 Å². The normalized spacial score (nSPS) is 25.2. The molecule has 1 aliphatic rings. The fourth-order valence-corrected chi connectivity index (χ4v) is 2.72. The molecule has 124 valence electrons. The molecule has 0 saturated carbocycles. The third-order valence-electron chi connectivity index (χ3n) is 4.03. The first kappa shape index (κ1) is 16.9. The average Bonchev–Trinajstić information content (AvgIpc) is 2.82. The molecule has 0 radical (unpaired) electrons. The Morgan fingerprint density at radius 3 is 2.64 bits per heavy atom. The van der Waals surface area contributed by atoms with Gasteiger partial charge in [-0.1, -0.05) is 0 Å². The number of carbonyl (C=O) groups is 1. The van der Waals surface area contributed by atoms with Gasteiger partial charge in [0.2, 0.25) is 5.91 Å². The van der Waals surface area contributed by atoms with E-state index in [0.717, 1.165) is 5.82 Å². The van der Waals surface area contributed by atoms with Crippen LogP contribution in [0.3, 0.4) is 0 Å². The Bertz CT molecular complexity index is 519. The minimum Gasteiger partial charge on any atom is -0.376 e. The van der Waals surface area contributed by atoms with Crippen LogP contribution in [-0.4, -0.2) is 78.3 Å². The van der Waals surface area contributed by atoms with Crippen molar-refractivity contribution >= 4 is 5.91 Å². The summed E-state index contributed by atoms with van der Waals surface area (Å²) in [4.78, 5) is 18.4. The van der Waals surface area contributed by atoms with Crippen molar-refractivity contribution in [2.75, 3.05) is 34.5 Å². The number of ether oxygens (including phenoxy) is 3. The third-order valence-corrected chi connectivity index (χ3v) is 4.03. The number of carbonyl (C=O) groups excluding carboxylic acids is 1. The van der Waals surface area contributed by atoms with Crippen molar-refractivity contribution < 1.29 is 19.0 Å². The zero-order valence-electron chi connectivity index (χ0n) is 13.8. The SMILES string of the molecule is CO[C@H]1[C@H](N(C)C(=O)Cn2nc(C)nc2C)COC[C@H]1OC. The molecule has 1 saturated heterocycles. The summed E-state index contributed by atoms with van der Waals surface area (Å²) >= 11 is 0. The standard InChI is InChI=1S/C14H24N4O4/c1-9-15-10(2)18(16-9)6-13(19)17(3)11-7-22-8-12(20-4)14(11)21-5/h11-12,14H,6-8H2,1-5H3/t11-,12-,14+/m1/s1. The van der Waals surface area contributed by atoms with Gasteiger partial charge in [0.15, 0.2) is 0 Å². The first-order valence-electron chi connectivity index (χ1n) is 7.25. The van der Waals surface area contributed by atoms with E-state index < -0.39 is 0 Å². The number of methoxy groups -OCH3 is 2. The molecule has 8 heteroatoms. The Kier molecular flexibility index (Phi) is 5.49. The number of rotatable bonds is 5. The summed E-state index contributed by atoms with van der Waals surface area (Å²) in [5, 5.41) is 4.22. The Morgan fingerprint density at radius 1 is 1.36 bits per heavy atom. The monoisotopic (exact) mass is 312 g/mol. The fraction of sp³-hybridized carbons (Fsp3) is 0.786. The number of aromatic nitrogens is 3. The smallest absolute Gasteiger partial charge is 0.244 e. The summed E-state index contributed by atoms with van der Waals surface area (Å²) < 4.78 is 18.0. The summed E-state index contributed by atoms with van der Waals surface area (Å²) in [6.07, 6.45) is -0.402. The largest absolute Gasteiger partial charge is 0.376 e. The van der Waals surface area contributed by atoms with E-state index in [4.69, 9.17) is 14.2 Å². The van der Waals surface area contributed by atoms with E-state index in [0.29, 0.717) is 19.0 Å². The van der Waals surface area contributed by atoms with Crippen molar-refractivity contribution in [3.63, 3.8) is 0 Å². The van der Waals surface area contributed by atoms with Gasteiger partial charge < -0.3 is 19.1 Å². The lowest BCUT2D eigenvalue weighted by molar-refractivity contribution is -0.165. The number of aryl methyl sites for hydroxylation is 2. The van der Waals surface area contributed by atoms with Gasteiger partial charge in [-0.25, -0.2) is 9.67 Å². The molecular formula is C14H24N4O4. The van der Waals surface area contributed by atoms with E-state index in [1.54, 1.807) is 37.8 Å². The van der Waals surface area contributed by atoms with Crippen LogP contribution in [0.5, 0.6) is 0 Å². The van der Waals surface area contributed by atoms with Crippen molar-refractivity contribution in [3.05, 3.63) is 11.6 Å². The molecule has 3 atom stereocenters. The molecule has 2 rings (SSSR count). The molecule has 1 aromatic heterocycles. The van der Waals surface area contributed by atoms with E-state index in [1.807, 2.05) is 6.92 Å². The highest BCUT2D eigenvalue weighted by Crippen LogP contribution is 2.19. The van der Waals surface area contributed by atoms with Crippen LogP contribution in [0, 0.1) is 13.8 Å². The molecule has 0 aliphatic carbocycles. The van der Waals surface area contributed by atoms with Gasteiger partial charge in [0.1, 0.15) is 30.4 Å². The molecule has 1 fully saturated rings. The highest BCUT2D eigenvalue weighted by Gasteiger charge is 2.38. The first-order chi connectivity index (χ1) is 10.5. The Balaban J connectivity index is 2.07. The molecule has 22 heavy (non-hydrogen) atoms. The average molecular weight is 312 g/mol. The lowest BCUT2D eigenvalue weighted by Gasteiger charge is -2.40. The molecule has 1 amide bonds. The minimum atomic E-state index is -0.216. The maximum Gasteiger partial charge on any atom is 0.244 e. The Morgan fingerprint density at radius 2 is 2.09 bits per heavy atom. The Hall–Kier alpha value is -1.51.